The first-order chi connectivity index (χ1) is 8.19. The number of nitrogens with zero attached hydrogens (tertiary/aromatic N) is 1. The standard InChI is InChI=1S/C10H18N2O5S/c1-18(16,17)3-2-8(11)10(15)12-5-7(6-12)4-9(13)14/h7-8H,2-6,11H2,1H3,(H,13,14). The van der Waals surface area contributed by atoms with Crippen molar-refractivity contribution in [1.82, 2.24) is 4.90 Å². The smallest absolute Gasteiger partial charge is 0.303 e. The van der Waals surface area contributed by atoms with Crippen LogP contribution in [0.2, 0.25) is 0 Å². The molecule has 1 amide bonds. The molecule has 1 atom stereocenters. The fraction of sp³-hybridized carbons (Fsp3) is 0.800. The van der Waals surface area contributed by atoms with Gasteiger partial charge in [-0.1, -0.05) is 0 Å². The number of amides is 1. The van der Waals surface area contributed by atoms with Gasteiger partial charge in [-0.2, -0.15) is 0 Å². The zero-order valence-corrected chi connectivity index (χ0v) is 11.0. The van der Waals surface area contributed by atoms with Crippen LogP contribution in [0, 0.1) is 5.92 Å². The molecule has 0 saturated carbocycles. The van der Waals surface area contributed by atoms with E-state index in [1.54, 1.807) is 0 Å². The Kier molecular flexibility index (Phi) is 4.69. The molecule has 18 heavy (non-hydrogen) atoms. The number of likely N-dealkylation sites (tertiary alicyclic amines) is 1. The summed E-state index contributed by atoms with van der Waals surface area (Å²) in [4.78, 5) is 23.6. The Hall–Kier alpha value is -1.15. The van der Waals surface area contributed by atoms with Crippen molar-refractivity contribution >= 4 is 21.7 Å². The van der Waals surface area contributed by atoms with Crippen molar-refractivity contribution in [2.75, 3.05) is 25.1 Å². The molecule has 1 aliphatic rings. The minimum absolute atomic E-state index is 0.0199. The minimum atomic E-state index is -3.12. The van der Waals surface area contributed by atoms with Crippen LogP contribution < -0.4 is 5.73 Å². The van der Waals surface area contributed by atoms with Crippen molar-refractivity contribution < 1.29 is 23.1 Å². The summed E-state index contributed by atoms with van der Waals surface area (Å²) in [6.45, 7) is 0.773. The van der Waals surface area contributed by atoms with E-state index in [4.69, 9.17) is 10.8 Å². The predicted molar refractivity (Wildman–Crippen MR) is 64.6 cm³/mol. The van der Waals surface area contributed by atoms with E-state index >= 15 is 0 Å². The summed E-state index contributed by atoms with van der Waals surface area (Å²) in [6, 6.07) is -0.828. The van der Waals surface area contributed by atoms with E-state index in [0.717, 1.165) is 6.26 Å². The summed E-state index contributed by atoms with van der Waals surface area (Å²) in [6.07, 6.45) is 1.23. The molecular formula is C10H18N2O5S. The molecule has 1 rings (SSSR count). The molecule has 1 aliphatic heterocycles. The van der Waals surface area contributed by atoms with Crippen molar-refractivity contribution in [3.05, 3.63) is 0 Å². The fourth-order valence-corrected chi connectivity index (χ4v) is 2.51. The summed E-state index contributed by atoms with van der Waals surface area (Å²) >= 11 is 0. The molecule has 1 saturated heterocycles. The van der Waals surface area contributed by atoms with Crippen LogP contribution in [0.1, 0.15) is 12.8 Å². The zero-order chi connectivity index (χ0) is 13.9. The van der Waals surface area contributed by atoms with E-state index in [1.807, 2.05) is 0 Å². The van der Waals surface area contributed by atoms with Crippen molar-refractivity contribution in [3.8, 4) is 0 Å². The highest BCUT2D eigenvalue weighted by atomic mass is 32.2. The molecule has 0 aromatic rings. The molecule has 0 radical (unpaired) electrons. The van der Waals surface area contributed by atoms with Gasteiger partial charge in [-0.3, -0.25) is 9.59 Å². The summed E-state index contributed by atoms with van der Waals surface area (Å²) < 4.78 is 21.9. The molecule has 7 nitrogen and oxygen atoms in total. The molecule has 3 N–H and O–H groups in total. The van der Waals surface area contributed by atoms with Crippen LogP contribution in [-0.2, 0) is 19.4 Å². The second-order valence-electron chi connectivity index (χ2n) is 4.73. The molecule has 0 aromatic heterocycles. The first kappa shape index (κ1) is 14.9. The van der Waals surface area contributed by atoms with Crippen LogP contribution in [0.5, 0.6) is 0 Å². The van der Waals surface area contributed by atoms with Crippen LogP contribution in [0.3, 0.4) is 0 Å². The van der Waals surface area contributed by atoms with Gasteiger partial charge in [0.15, 0.2) is 0 Å². The quantitative estimate of drug-likeness (QED) is 0.622. The first-order valence-electron chi connectivity index (χ1n) is 5.63. The molecule has 0 bridgehead atoms. The van der Waals surface area contributed by atoms with Crippen LogP contribution in [0.15, 0.2) is 0 Å². The third-order valence-electron chi connectivity index (χ3n) is 2.85. The van der Waals surface area contributed by atoms with Gasteiger partial charge in [-0.15, -0.1) is 0 Å². The van der Waals surface area contributed by atoms with Crippen LogP contribution >= 0.6 is 0 Å². The maximum atomic E-state index is 11.7. The lowest BCUT2D eigenvalue weighted by atomic mass is 9.95. The third kappa shape index (κ3) is 4.61. The lowest BCUT2D eigenvalue weighted by Gasteiger charge is -2.39. The normalized spacial score (nSPS) is 18.2. The number of hydrogen-bond acceptors (Lipinski definition) is 5. The second kappa shape index (κ2) is 5.66. The van der Waals surface area contributed by atoms with Gasteiger partial charge in [0.1, 0.15) is 9.84 Å². The number of aliphatic carboxylic acids is 1. The molecule has 0 aliphatic carbocycles. The minimum Gasteiger partial charge on any atom is -0.481 e. The number of carboxylic acids is 1. The third-order valence-corrected chi connectivity index (χ3v) is 3.83. The van der Waals surface area contributed by atoms with Gasteiger partial charge in [0.05, 0.1) is 18.2 Å². The Balaban J connectivity index is 2.32. The molecule has 1 fully saturated rings. The molecule has 0 spiro atoms. The Morgan fingerprint density at radius 1 is 1.44 bits per heavy atom. The molecular weight excluding hydrogens is 260 g/mol. The van der Waals surface area contributed by atoms with Gasteiger partial charge < -0.3 is 15.7 Å². The van der Waals surface area contributed by atoms with Crippen molar-refractivity contribution in [3.63, 3.8) is 0 Å². The highest BCUT2D eigenvalue weighted by Crippen LogP contribution is 2.20. The number of rotatable bonds is 6. The van der Waals surface area contributed by atoms with E-state index < -0.39 is 21.8 Å². The second-order valence-corrected chi connectivity index (χ2v) is 6.99. The Morgan fingerprint density at radius 2 is 2.00 bits per heavy atom. The highest BCUT2D eigenvalue weighted by molar-refractivity contribution is 7.90. The van der Waals surface area contributed by atoms with Gasteiger partial charge in [0.25, 0.3) is 0 Å². The van der Waals surface area contributed by atoms with Gasteiger partial charge >= 0.3 is 5.97 Å². The maximum absolute atomic E-state index is 11.7. The number of carbonyl (C=O) groups excluding carboxylic acids is 1. The number of carboxylic acid groups (broad SMARTS) is 1. The van der Waals surface area contributed by atoms with Crippen LogP contribution in [-0.4, -0.2) is 61.4 Å². The molecule has 1 unspecified atom stereocenters. The Bertz CT molecular complexity index is 428. The monoisotopic (exact) mass is 278 g/mol. The summed E-state index contributed by atoms with van der Waals surface area (Å²) in [5.74, 6) is -1.32. The van der Waals surface area contributed by atoms with Crippen LogP contribution in [0.4, 0.5) is 0 Å². The van der Waals surface area contributed by atoms with E-state index in [0.29, 0.717) is 13.1 Å². The molecule has 0 aromatic carbocycles. The Labute approximate surface area is 106 Å². The van der Waals surface area contributed by atoms with Crippen molar-refractivity contribution in [1.29, 1.82) is 0 Å². The Morgan fingerprint density at radius 3 is 2.44 bits per heavy atom. The van der Waals surface area contributed by atoms with Crippen molar-refractivity contribution in [2.45, 2.75) is 18.9 Å². The first-order valence-corrected chi connectivity index (χ1v) is 7.69. The molecule has 1 heterocycles. The average molecular weight is 278 g/mol. The molecule has 8 heteroatoms. The van der Waals surface area contributed by atoms with E-state index in [9.17, 15) is 18.0 Å². The SMILES string of the molecule is CS(=O)(=O)CCC(N)C(=O)N1CC(CC(=O)O)C1. The number of sulfone groups is 1. The molecule has 104 valence electrons. The maximum Gasteiger partial charge on any atom is 0.303 e. The predicted octanol–water partition coefficient (Wildman–Crippen LogP) is -1.32. The number of hydrogen-bond donors (Lipinski definition) is 2. The van der Waals surface area contributed by atoms with Gasteiger partial charge in [0.2, 0.25) is 5.91 Å². The van der Waals surface area contributed by atoms with E-state index in [-0.39, 0.29) is 30.4 Å². The lowest BCUT2D eigenvalue weighted by Crippen LogP contribution is -2.55. The van der Waals surface area contributed by atoms with Gasteiger partial charge in [0, 0.05) is 25.3 Å². The van der Waals surface area contributed by atoms with E-state index in [1.165, 1.54) is 4.90 Å². The largest absolute Gasteiger partial charge is 0.481 e. The summed E-state index contributed by atoms with van der Waals surface area (Å²) in [5, 5.41) is 8.56. The van der Waals surface area contributed by atoms with Gasteiger partial charge in [-0.25, -0.2) is 8.42 Å². The van der Waals surface area contributed by atoms with E-state index in [2.05, 4.69) is 0 Å². The highest BCUT2D eigenvalue weighted by Gasteiger charge is 2.34. The number of carbonyl (C=O) groups is 2. The van der Waals surface area contributed by atoms with Crippen LogP contribution in [0.25, 0.3) is 0 Å². The van der Waals surface area contributed by atoms with Crippen molar-refractivity contribution in [2.24, 2.45) is 11.7 Å². The average Bonchev–Trinajstić information content (AvgIpc) is 2.17. The van der Waals surface area contributed by atoms with Gasteiger partial charge in [-0.05, 0) is 6.42 Å². The zero-order valence-electron chi connectivity index (χ0n) is 10.2. The lowest BCUT2D eigenvalue weighted by molar-refractivity contribution is -0.145. The summed E-state index contributed by atoms with van der Waals surface area (Å²) in [7, 11) is -3.12. The summed E-state index contributed by atoms with van der Waals surface area (Å²) in [5.41, 5.74) is 5.61. The fourth-order valence-electron chi connectivity index (χ4n) is 1.82. The number of nitrogens with two attached hydrogens (primary N) is 1. The topological polar surface area (TPSA) is 118 Å².